The summed E-state index contributed by atoms with van der Waals surface area (Å²) < 4.78 is 5.14. The molecule has 1 unspecified atom stereocenters. The highest BCUT2D eigenvalue weighted by Gasteiger charge is 2.17. The zero-order valence-electron chi connectivity index (χ0n) is 21.3. The summed E-state index contributed by atoms with van der Waals surface area (Å²) >= 11 is 2.90. The van der Waals surface area contributed by atoms with Gasteiger partial charge in [0.1, 0.15) is 11.4 Å². The normalized spacial score (nSPS) is 11.8. The van der Waals surface area contributed by atoms with Crippen LogP contribution in [0, 0.1) is 0 Å². The Bertz CT molecular complexity index is 1440. The fourth-order valence-corrected chi connectivity index (χ4v) is 4.94. The monoisotopic (exact) mass is 557 g/mol. The summed E-state index contributed by atoms with van der Waals surface area (Å²) in [6.07, 6.45) is 1.64. The van der Waals surface area contributed by atoms with E-state index in [-0.39, 0.29) is 22.8 Å². The molecule has 0 saturated carbocycles. The molecule has 9 heteroatoms. The summed E-state index contributed by atoms with van der Waals surface area (Å²) in [6, 6.07) is 24.9. The zero-order valence-corrected chi connectivity index (χ0v) is 23.0. The lowest BCUT2D eigenvalue weighted by Gasteiger charge is -2.13. The lowest BCUT2D eigenvalue weighted by atomic mass is 10.2. The smallest absolute Gasteiger partial charge is 0.272 e. The molecule has 39 heavy (non-hydrogen) atoms. The van der Waals surface area contributed by atoms with Gasteiger partial charge in [0.15, 0.2) is 0 Å². The molecule has 3 amide bonds. The molecule has 198 valence electrons. The van der Waals surface area contributed by atoms with E-state index in [9.17, 15) is 14.4 Å². The number of anilines is 2. The van der Waals surface area contributed by atoms with E-state index in [0.29, 0.717) is 16.9 Å². The first-order chi connectivity index (χ1) is 18.9. The summed E-state index contributed by atoms with van der Waals surface area (Å²) in [7, 11) is 1.59. The molecule has 3 aromatic carbocycles. The second-order valence-electron chi connectivity index (χ2n) is 8.39. The van der Waals surface area contributed by atoms with Gasteiger partial charge >= 0.3 is 0 Å². The highest BCUT2D eigenvalue weighted by atomic mass is 32.2. The average molecular weight is 558 g/mol. The molecule has 1 aromatic heterocycles. The van der Waals surface area contributed by atoms with Crippen molar-refractivity contribution in [1.82, 2.24) is 5.32 Å². The lowest BCUT2D eigenvalue weighted by molar-refractivity contribution is -0.115. The van der Waals surface area contributed by atoms with E-state index in [1.165, 1.54) is 23.1 Å². The third kappa shape index (κ3) is 8.07. The van der Waals surface area contributed by atoms with Crippen molar-refractivity contribution in [2.24, 2.45) is 0 Å². The second-order valence-corrected chi connectivity index (χ2v) is 10.6. The molecule has 7 nitrogen and oxygen atoms in total. The first-order valence-corrected chi connectivity index (χ1v) is 13.9. The maximum Gasteiger partial charge on any atom is 0.272 e. The Labute approximate surface area is 235 Å². The largest absolute Gasteiger partial charge is 0.497 e. The lowest BCUT2D eigenvalue weighted by Crippen LogP contribution is -2.30. The SMILES string of the molecule is COc1ccc(NC(=O)C(C)Sc2ccc(NC(=O)/C(=C/c3ccsc3)NC(=O)c3ccccc3)cc2)cc1. The van der Waals surface area contributed by atoms with E-state index in [0.717, 1.165) is 16.2 Å². The minimum Gasteiger partial charge on any atom is -0.497 e. The Morgan fingerprint density at radius 2 is 1.54 bits per heavy atom. The van der Waals surface area contributed by atoms with Crippen molar-refractivity contribution >= 4 is 58.3 Å². The van der Waals surface area contributed by atoms with Crippen LogP contribution in [-0.4, -0.2) is 30.1 Å². The van der Waals surface area contributed by atoms with Crippen molar-refractivity contribution in [3.63, 3.8) is 0 Å². The number of benzene rings is 3. The van der Waals surface area contributed by atoms with Crippen molar-refractivity contribution in [3.05, 3.63) is 113 Å². The number of amides is 3. The predicted octanol–water partition coefficient (Wildman–Crippen LogP) is 6.29. The predicted molar refractivity (Wildman–Crippen MR) is 158 cm³/mol. The van der Waals surface area contributed by atoms with Crippen LogP contribution in [0.25, 0.3) is 6.08 Å². The van der Waals surface area contributed by atoms with Gasteiger partial charge in [0.2, 0.25) is 5.91 Å². The number of nitrogens with one attached hydrogen (secondary N) is 3. The molecule has 3 N–H and O–H groups in total. The van der Waals surface area contributed by atoms with Crippen LogP contribution in [0.15, 0.2) is 106 Å². The second kappa shape index (κ2) is 13.5. The van der Waals surface area contributed by atoms with Gasteiger partial charge in [0.25, 0.3) is 11.8 Å². The van der Waals surface area contributed by atoms with E-state index in [4.69, 9.17) is 4.74 Å². The maximum absolute atomic E-state index is 13.1. The number of hydrogen-bond acceptors (Lipinski definition) is 6. The minimum atomic E-state index is -0.446. The molecule has 4 aromatic rings. The van der Waals surface area contributed by atoms with Crippen molar-refractivity contribution < 1.29 is 19.1 Å². The third-order valence-corrected chi connectivity index (χ3v) is 7.35. The fraction of sp³-hybridized carbons (Fsp3) is 0.100. The van der Waals surface area contributed by atoms with Crippen LogP contribution < -0.4 is 20.7 Å². The Morgan fingerprint density at radius 3 is 2.18 bits per heavy atom. The first-order valence-electron chi connectivity index (χ1n) is 12.0. The molecular formula is C30H27N3O4S2. The van der Waals surface area contributed by atoms with Gasteiger partial charge < -0.3 is 20.7 Å². The summed E-state index contributed by atoms with van der Waals surface area (Å²) in [4.78, 5) is 39.3. The van der Waals surface area contributed by atoms with E-state index >= 15 is 0 Å². The highest BCUT2D eigenvalue weighted by Crippen LogP contribution is 2.26. The molecule has 1 atom stereocenters. The molecule has 4 rings (SSSR count). The van der Waals surface area contributed by atoms with Gasteiger partial charge in [-0.2, -0.15) is 11.3 Å². The van der Waals surface area contributed by atoms with Gasteiger partial charge in [-0.1, -0.05) is 18.2 Å². The maximum atomic E-state index is 13.1. The Morgan fingerprint density at radius 1 is 0.872 bits per heavy atom. The standard InChI is InChI=1S/C30H27N3O4S2/c1-20(28(34)31-23-8-12-25(37-2)13-9-23)39-26-14-10-24(11-15-26)32-30(36)27(18-21-16-17-38-19-21)33-29(35)22-6-4-3-5-7-22/h3-20H,1-2H3,(H,31,34)(H,32,36)(H,33,35)/b27-18-. The third-order valence-electron chi connectivity index (χ3n) is 5.53. The van der Waals surface area contributed by atoms with E-state index in [1.54, 1.807) is 73.8 Å². The number of ether oxygens (including phenoxy) is 1. The molecule has 0 spiro atoms. The molecule has 0 aliphatic rings. The van der Waals surface area contributed by atoms with Crippen LogP contribution in [-0.2, 0) is 9.59 Å². The zero-order chi connectivity index (χ0) is 27.6. The summed E-state index contributed by atoms with van der Waals surface area (Å²) in [5.41, 5.74) is 2.64. The van der Waals surface area contributed by atoms with Crippen LogP contribution in [0.3, 0.4) is 0 Å². The number of carbonyl (C=O) groups excluding carboxylic acids is 3. The van der Waals surface area contributed by atoms with Crippen LogP contribution in [0.2, 0.25) is 0 Å². The van der Waals surface area contributed by atoms with Crippen molar-refractivity contribution in [3.8, 4) is 5.75 Å². The molecule has 0 aliphatic heterocycles. The van der Waals surface area contributed by atoms with Gasteiger partial charge in [-0.05, 0) is 96.1 Å². The Kier molecular flexibility index (Phi) is 9.55. The van der Waals surface area contributed by atoms with Gasteiger partial charge in [-0.15, -0.1) is 11.8 Å². The minimum absolute atomic E-state index is 0.125. The average Bonchev–Trinajstić information content (AvgIpc) is 3.47. The van der Waals surface area contributed by atoms with Crippen LogP contribution in [0.1, 0.15) is 22.8 Å². The van der Waals surface area contributed by atoms with Crippen LogP contribution in [0.4, 0.5) is 11.4 Å². The number of thiophene rings is 1. The van der Waals surface area contributed by atoms with E-state index < -0.39 is 5.91 Å². The summed E-state index contributed by atoms with van der Waals surface area (Å²) in [5, 5.41) is 11.9. The summed E-state index contributed by atoms with van der Waals surface area (Å²) in [6.45, 7) is 1.83. The van der Waals surface area contributed by atoms with Crippen LogP contribution >= 0.6 is 23.1 Å². The van der Waals surface area contributed by atoms with Crippen LogP contribution in [0.5, 0.6) is 5.75 Å². The molecule has 0 saturated heterocycles. The highest BCUT2D eigenvalue weighted by molar-refractivity contribution is 8.00. The first kappa shape index (κ1) is 27.7. The van der Waals surface area contributed by atoms with Crippen molar-refractivity contribution in [1.29, 1.82) is 0 Å². The van der Waals surface area contributed by atoms with E-state index in [2.05, 4.69) is 16.0 Å². The van der Waals surface area contributed by atoms with Gasteiger partial charge in [0, 0.05) is 21.8 Å². The fourth-order valence-electron chi connectivity index (χ4n) is 3.46. The topological polar surface area (TPSA) is 96.5 Å². The van der Waals surface area contributed by atoms with E-state index in [1.807, 2.05) is 41.9 Å². The molecule has 0 radical (unpaired) electrons. The quantitative estimate of drug-likeness (QED) is 0.157. The van der Waals surface area contributed by atoms with Gasteiger partial charge in [-0.3, -0.25) is 14.4 Å². The molecule has 0 fully saturated rings. The number of thioether (sulfide) groups is 1. The molecule has 0 aliphatic carbocycles. The van der Waals surface area contributed by atoms with Crippen molar-refractivity contribution in [2.45, 2.75) is 17.1 Å². The number of carbonyl (C=O) groups is 3. The van der Waals surface area contributed by atoms with Crippen molar-refractivity contribution in [2.75, 3.05) is 17.7 Å². The summed E-state index contributed by atoms with van der Waals surface area (Å²) in [5.74, 6) is -0.228. The molecular weight excluding hydrogens is 530 g/mol. The number of hydrogen-bond donors (Lipinski definition) is 3. The molecule has 1 heterocycles. The van der Waals surface area contributed by atoms with Gasteiger partial charge in [0.05, 0.1) is 12.4 Å². The Balaban J connectivity index is 1.38. The number of methoxy groups -OCH3 is 1. The Hall–Kier alpha value is -4.34. The molecule has 0 bridgehead atoms. The number of rotatable bonds is 10. The van der Waals surface area contributed by atoms with Gasteiger partial charge in [-0.25, -0.2) is 0 Å².